The number of halogens is 1. The highest BCUT2D eigenvalue weighted by Crippen LogP contribution is 2.38. The van der Waals surface area contributed by atoms with Gasteiger partial charge in [-0.3, -0.25) is 0 Å². The first kappa shape index (κ1) is 12.2. The molecule has 17 heavy (non-hydrogen) atoms. The van der Waals surface area contributed by atoms with Crippen LogP contribution in [0.2, 0.25) is 0 Å². The molecule has 0 saturated carbocycles. The maximum atomic E-state index is 9.23. The lowest BCUT2D eigenvalue weighted by Crippen LogP contribution is -1.93. The molecule has 0 fully saturated rings. The first-order valence-corrected chi connectivity index (χ1v) is 5.94. The number of fused-ring (bicyclic) bond motifs is 1. The Kier molecular flexibility index (Phi) is 3.54. The minimum Gasteiger partial charge on any atom is -0.496 e. The van der Waals surface area contributed by atoms with E-state index < -0.39 is 0 Å². The zero-order valence-electron chi connectivity index (χ0n) is 9.66. The summed E-state index contributed by atoms with van der Waals surface area (Å²) < 4.78 is 11.6. The van der Waals surface area contributed by atoms with Crippen LogP contribution in [0.4, 0.5) is 0 Å². The third-order valence-corrected chi connectivity index (χ3v) is 3.36. The van der Waals surface area contributed by atoms with Crippen molar-refractivity contribution in [3.63, 3.8) is 0 Å². The Morgan fingerprint density at radius 3 is 2.41 bits per heavy atom. The molecule has 0 aliphatic rings. The van der Waals surface area contributed by atoms with Crippen LogP contribution in [0.5, 0.6) is 11.5 Å². The predicted octanol–water partition coefficient (Wildman–Crippen LogP) is 3.11. The Hall–Kier alpha value is -1.26. The van der Waals surface area contributed by atoms with Gasteiger partial charge in [-0.1, -0.05) is 15.9 Å². The minimum absolute atomic E-state index is 0.0179. The van der Waals surface area contributed by atoms with E-state index >= 15 is 0 Å². The van der Waals surface area contributed by atoms with E-state index in [1.54, 1.807) is 14.2 Å². The molecule has 3 nitrogen and oxygen atoms in total. The highest BCUT2D eigenvalue weighted by molar-refractivity contribution is 9.10. The number of hydrogen-bond acceptors (Lipinski definition) is 3. The van der Waals surface area contributed by atoms with E-state index in [1.165, 1.54) is 0 Å². The molecular formula is C13H13BrO3. The van der Waals surface area contributed by atoms with Crippen molar-refractivity contribution < 1.29 is 14.6 Å². The van der Waals surface area contributed by atoms with E-state index in [1.807, 2.05) is 24.3 Å². The van der Waals surface area contributed by atoms with Gasteiger partial charge in [0.1, 0.15) is 11.5 Å². The standard InChI is InChI=1S/C13H13BrO3/c1-16-11-4-3-10(14)9-5-8(7-15)6-12(17-2)13(9)11/h3-6,15H,7H2,1-2H3. The zero-order chi connectivity index (χ0) is 12.4. The van der Waals surface area contributed by atoms with Crippen LogP contribution < -0.4 is 9.47 Å². The molecule has 90 valence electrons. The highest BCUT2D eigenvalue weighted by Gasteiger charge is 2.12. The quantitative estimate of drug-likeness (QED) is 0.946. The molecule has 2 rings (SSSR count). The molecule has 0 radical (unpaired) electrons. The number of aliphatic hydroxyl groups is 1. The fraction of sp³-hybridized carbons (Fsp3) is 0.231. The van der Waals surface area contributed by atoms with Crippen molar-refractivity contribution in [2.45, 2.75) is 6.61 Å². The summed E-state index contributed by atoms with van der Waals surface area (Å²) in [6.07, 6.45) is 0. The van der Waals surface area contributed by atoms with Gasteiger partial charge >= 0.3 is 0 Å². The van der Waals surface area contributed by atoms with Gasteiger partial charge in [0.15, 0.2) is 0 Å². The summed E-state index contributed by atoms with van der Waals surface area (Å²) in [5, 5.41) is 11.1. The second kappa shape index (κ2) is 4.94. The Labute approximate surface area is 108 Å². The molecule has 4 heteroatoms. The number of ether oxygens (including phenoxy) is 2. The summed E-state index contributed by atoms with van der Waals surface area (Å²) >= 11 is 3.49. The Morgan fingerprint density at radius 2 is 1.82 bits per heavy atom. The molecule has 0 aliphatic carbocycles. The third kappa shape index (κ3) is 2.10. The summed E-state index contributed by atoms with van der Waals surface area (Å²) in [5.41, 5.74) is 0.809. The fourth-order valence-corrected chi connectivity index (χ4v) is 2.30. The molecule has 2 aromatic rings. The van der Waals surface area contributed by atoms with Gasteiger partial charge in [0.2, 0.25) is 0 Å². The molecule has 1 N–H and O–H groups in total. The molecule has 0 unspecified atom stereocenters. The highest BCUT2D eigenvalue weighted by atomic mass is 79.9. The first-order chi connectivity index (χ1) is 8.21. The lowest BCUT2D eigenvalue weighted by molar-refractivity contribution is 0.281. The monoisotopic (exact) mass is 296 g/mol. The Balaban J connectivity index is 2.86. The third-order valence-electron chi connectivity index (χ3n) is 2.67. The molecule has 0 atom stereocenters. The smallest absolute Gasteiger partial charge is 0.130 e. The normalized spacial score (nSPS) is 10.6. The van der Waals surface area contributed by atoms with Crippen LogP contribution in [-0.4, -0.2) is 19.3 Å². The maximum absolute atomic E-state index is 9.23. The Bertz CT molecular complexity index is 552. The van der Waals surface area contributed by atoms with Crippen LogP contribution in [0.1, 0.15) is 5.56 Å². The molecule has 2 aromatic carbocycles. The zero-order valence-corrected chi connectivity index (χ0v) is 11.2. The van der Waals surface area contributed by atoms with Crippen molar-refractivity contribution in [2.24, 2.45) is 0 Å². The van der Waals surface area contributed by atoms with Crippen molar-refractivity contribution in [3.8, 4) is 11.5 Å². The largest absolute Gasteiger partial charge is 0.496 e. The minimum atomic E-state index is -0.0179. The number of hydrogen-bond donors (Lipinski definition) is 1. The van der Waals surface area contributed by atoms with Crippen LogP contribution in [0.15, 0.2) is 28.7 Å². The number of benzene rings is 2. The summed E-state index contributed by atoms with van der Waals surface area (Å²) in [5.74, 6) is 1.45. The van der Waals surface area contributed by atoms with Crippen molar-refractivity contribution in [3.05, 3.63) is 34.3 Å². The van der Waals surface area contributed by atoms with E-state index in [4.69, 9.17) is 9.47 Å². The van der Waals surface area contributed by atoms with E-state index in [-0.39, 0.29) is 6.61 Å². The summed E-state index contributed by atoms with van der Waals surface area (Å²) in [4.78, 5) is 0. The van der Waals surface area contributed by atoms with Crippen molar-refractivity contribution in [1.82, 2.24) is 0 Å². The lowest BCUT2D eigenvalue weighted by Gasteiger charge is -2.12. The molecule has 0 aromatic heterocycles. The lowest BCUT2D eigenvalue weighted by atomic mass is 10.1. The molecule has 0 heterocycles. The topological polar surface area (TPSA) is 38.7 Å². The SMILES string of the molecule is COc1ccc(Br)c2cc(CO)cc(OC)c12. The van der Waals surface area contributed by atoms with E-state index in [9.17, 15) is 5.11 Å². The van der Waals surface area contributed by atoms with E-state index in [2.05, 4.69) is 15.9 Å². The molecule has 0 amide bonds. The van der Waals surface area contributed by atoms with Crippen molar-refractivity contribution in [1.29, 1.82) is 0 Å². The fourth-order valence-electron chi connectivity index (χ4n) is 1.86. The van der Waals surface area contributed by atoms with Gasteiger partial charge in [-0.2, -0.15) is 0 Å². The maximum Gasteiger partial charge on any atom is 0.130 e. The number of methoxy groups -OCH3 is 2. The first-order valence-electron chi connectivity index (χ1n) is 5.15. The summed E-state index contributed by atoms with van der Waals surface area (Å²) in [7, 11) is 3.23. The average molecular weight is 297 g/mol. The second-order valence-electron chi connectivity index (χ2n) is 3.63. The van der Waals surface area contributed by atoms with Gasteiger partial charge in [0.05, 0.1) is 26.2 Å². The Morgan fingerprint density at radius 1 is 1.12 bits per heavy atom. The van der Waals surface area contributed by atoms with Crippen LogP contribution in [0, 0.1) is 0 Å². The van der Waals surface area contributed by atoms with Gasteiger partial charge in [0, 0.05) is 9.86 Å². The van der Waals surface area contributed by atoms with Gasteiger partial charge in [-0.05, 0) is 29.8 Å². The van der Waals surface area contributed by atoms with Gasteiger partial charge in [0.25, 0.3) is 0 Å². The molecule has 0 bridgehead atoms. The number of rotatable bonds is 3. The predicted molar refractivity (Wildman–Crippen MR) is 70.7 cm³/mol. The number of aliphatic hydroxyl groups excluding tert-OH is 1. The van der Waals surface area contributed by atoms with Crippen LogP contribution in [0.25, 0.3) is 10.8 Å². The summed E-state index contributed by atoms with van der Waals surface area (Å²) in [6, 6.07) is 7.54. The molecule has 0 spiro atoms. The van der Waals surface area contributed by atoms with Crippen molar-refractivity contribution >= 4 is 26.7 Å². The average Bonchev–Trinajstić information content (AvgIpc) is 2.38. The summed E-state index contributed by atoms with van der Waals surface area (Å²) in [6.45, 7) is -0.0179. The second-order valence-corrected chi connectivity index (χ2v) is 4.48. The van der Waals surface area contributed by atoms with Gasteiger partial charge in [-0.15, -0.1) is 0 Å². The molecule has 0 saturated heterocycles. The van der Waals surface area contributed by atoms with E-state index in [0.29, 0.717) is 5.75 Å². The van der Waals surface area contributed by atoms with Gasteiger partial charge < -0.3 is 14.6 Å². The molecular weight excluding hydrogens is 284 g/mol. The van der Waals surface area contributed by atoms with E-state index in [0.717, 1.165) is 26.6 Å². The van der Waals surface area contributed by atoms with Crippen LogP contribution >= 0.6 is 15.9 Å². The van der Waals surface area contributed by atoms with Crippen molar-refractivity contribution in [2.75, 3.05) is 14.2 Å². The van der Waals surface area contributed by atoms with Crippen LogP contribution in [0.3, 0.4) is 0 Å². The van der Waals surface area contributed by atoms with Gasteiger partial charge in [-0.25, -0.2) is 0 Å². The van der Waals surface area contributed by atoms with Crippen LogP contribution in [-0.2, 0) is 6.61 Å². The molecule has 0 aliphatic heterocycles.